The van der Waals surface area contributed by atoms with Gasteiger partial charge in [0.2, 0.25) is 0 Å². The number of nitrogens with zero attached hydrogens (tertiary/aromatic N) is 2. The summed E-state index contributed by atoms with van der Waals surface area (Å²) in [6, 6.07) is 13.5. The largest absolute Gasteiger partial charge is 0.419 e. The molecule has 2 aliphatic rings. The van der Waals surface area contributed by atoms with Crippen LogP contribution in [0.25, 0.3) is 11.0 Å². The number of esters is 2. The summed E-state index contributed by atoms with van der Waals surface area (Å²) in [4.78, 5) is 39.2. The van der Waals surface area contributed by atoms with Crippen molar-refractivity contribution in [3.8, 4) is 11.5 Å². The molecule has 1 fully saturated rings. The second kappa shape index (κ2) is 9.69. The molecule has 8 heteroatoms. The van der Waals surface area contributed by atoms with Crippen LogP contribution in [0.5, 0.6) is 11.5 Å². The SMILES string of the molecule is O=C1/C=C/C(=O)Oc2c(ccc3on(CCCC4CCN(Cc5ccccc5)CC4)c(=O)c23)O1. The van der Waals surface area contributed by atoms with E-state index in [0.29, 0.717) is 12.5 Å². The molecule has 2 aromatic carbocycles. The summed E-state index contributed by atoms with van der Waals surface area (Å²) < 4.78 is 17.4. The van der Waals surface area contributed by atoms with Crippen molar-refractivity contribution in [1.82, 2.24) is 9.64 Å². The third-order valence-corrected chi connectivity index (χ3v) is 6.43. The van der Waals surface area contributed by atoms with Gasteiger partial charge in [-0.1, -0.05) is 30.3 Å². The topological polar surface area (TPSA) is 91.0 Å². The molecule has 3 heterocycles. The summed E-state index contributed by atoms with van der Waals surface area (Å²) in [5.41, 5.74) is 1.22. The minimum Gasteiger partial charge on any atom is -0.419 e. The van der Waals surface area contributed by atoms with E-state index in [-0.39, 0.29) is 22.5 Å². The van der Waals surface area contributed by atoms with E-state index in [9.17, 15) is 14.4 Å². The number of benzene rings is 2. The van der Waals surface area contributed by atoms with E-state index in [0.717, 1.165) is 57.5 Å². The van der Waals surface area contributed by atoms with Crippen molar-refractivity contribution >= 4 is 22.9 Å². The predicted octanol–water partition coefficient (Wildman–Crippen LogP) is 3.67. The highest BCUT2D eigenvalue weighted by Crippen LogP contribution is 2.35. The van der Waals surface area contributed by atoms with Crippen LogP contribution >= 0.6 is 0 Å². The number of hydrogen-bond donors (Lipinski definition) is 0. The minimum absolute atomic E-state index is 0.0162. The van der Waals surface area contributed by atoms with E-state index in [2.05, 4.69) is 29.2 Å². The molecule has 0 atom stereocenters. The maximum atomic E-state index is 13.0. The molecule has 0 spiro atoms. The van der Waals surface area contributed by atoms with Crippen LogP contribution in [-0.4, -0.2) is 34.7 Å². The molecule has 8 nitrogen and oxygen atoms in total. The molecule has 34 heavy (non-hydrogen) atoms. The van der Waals surface area contributed by atoms with Gasteiger partial charge in [0.15, 0.2) is 17.1 Å². The van der Waals surface area contributed by atoms with E-state index >= 15 is 0 Å². The summed E-state index contributed by atoms with van der Waals surface area (Å²) in [5, 5.41) is 0.100. The second-order valence-electron chi connectivity index (χ2n) is 8.79. The predicted molar refractivity (Wildman–Crippen MR) is 125 cm³/mol. The molecule has 0 saturated carbocycles. The third kappa shape index (κ3) is 4.82. The molecule has 0 amide bonds. The summed E-state index contributed by atoms with van der Waals surface area (Å²) >= 11 is 0. The van der Waals surface area contributed by atoms with Gasteiger partial charge in [0.1, 0.15) is 5.39 Å². The van der Waals surface area contributed by atoms with E-state index < -0.39 is 17.5 Å². The molecule has 1 aromatic heterocycles. The fourth-order valence-corrected chi connectivity index (χ4v) is 4.65. The number of likely N-dealkylation sites (tertiary alicyclic amines) is 1. The number of rotatable bonds is 6. The van der Waals surface area contributed by atoms with Gasteiger partial charge >= 0.3 is 11.9 Å². The zero-order chi connectivity index (χ0) is 23.5. The van der Waals surface area contributed by atoms with Gasteiger partial charge in [-0.3, -0.25) is 9.69 Å². The lowest BCUT2D eigenvalue weighted by Crippen LogP contribution is -2.33. The first-order chi connectivity index (χ1) is 16.6. The van der Waals surface area contributed by atoms with Gasteiger partial charge in [0.05, 0.1) is 6.54 Å². The fraction of sp³-hybridized carbons (Fsp3) is 0.346. The van der Waals surface area contributed by atoms with Crippen LogP contribution in [0.15, 0.2) is 63.9 Å². The van der Waals surface area contributed by atoms with Crippen LogP contribution in [0.4, 0.5) is 0 Å². The van der Waals surface area contributed by atoms with Crippen LogP contribution in [0.3, 0.4) is 0 Å². The van der Waals surface area contributed by atoms with Crippen molar-refractivity contribution in [2.75, 3.05) is 13.1 Å². The van der Waals surface area contributed by atoms with E-state index in [1.807, 2.05) is 6.07 Å². The molecular weight excluding hydrogens is 436 g/mol. The number of fused-ring (bicyclic) bond motifs is 3. The smallest absolute Gasteiger partial charge is 0.336 e. The van der Waals surface area contributed by atoms with Gasteiger partial charge in [0, 0.05) is 18.7 Å². The number of aryl methyl sites for hydroxylation is 1. The Morgan fingerprint density at radius 3 is 2.38 bits per heavy atom. The minimum atomic E-state index is -0.754. The zero-order valence-electron chi connectivity index (χ0n) is 18.8. The first-order valence-electron chi connectivity index (χ1n) is 11.6. The highest BCUT2D eigenvalue weighted by atomic mass is 16.6. The molecular formula is C26H26N2O6. The highest BCUT2D eigenvalue weighted by molar-refractivity contribution is 5.98. The Morgan fingerprint density at radius 2 is 1.62 bits per heavy atom. The second-order valence-corrected chi connectivity index (χ2v) is 8.79. The van der Waals surface area contributed by atoms with E-state index in [1.165, 1.54) is 16.4 Å². The van der Waals surface area contributed by atoms with Crippen molar-refractivity contribution in [3.63, 3.8) is 0 Å². The van der Waals surface area contributed by atoms with Crippen LogP contribution in [0, 0.1) is 5.92 Å². The van der Waals surface area contributed by atoms with Crippen molar-refractivity contribution in [1.29, 1.82) is 0 Å². The molecule has 0 unspecified atom stereocenters. The number of hydrogen-bond acceptors (Lipinski definition) is 7. The Kier molecular flexibility index (Phi) is 6.31. The molecule has 1 saturated heterocycles. The quantitative estimate of drug-likeness (QED) is 0.408. The highest BCUT2D eigenvalue weighted by Gasteiger charge is 2.24. The van der Waals surface area contributed by atoms with Gasteiger partial charge in [-0.25, -0.2) is 9.59 Å². The van der Waals surface area contributed by atoms with Crippen molar-refractivity contribution in [3.05, 3.63) is 70.5 Å². The standard InChI is InChI=1S/C26H26N2O6/c29-22-10-11-23(30)33-25-21(32-22)9-8-20-24(25)26(31)28(34-20)14-4-7-18-12-15-27(16-13-18)17-19-5-2-1-3-6-19/h1-3,5-6,8-11,18H,4,7,12-17H2/b11-10+. The lowest BCUT2D eigenvalue weighted by atomic mass is 9.92. The summed E-state index contributed by atoms with van der Waals surface area (Å²) in [6.07, 6.45) is 6.05. The Balaban J connectivity index is 1.20. The van der Waals surface area contributed by atoms with Gasteiger partial charge in [0.25, 0.3) is 5.56 Å². The molecule has 176 valence electrons. The Labute approximate surface area is 196 Å². The van der Waals surface area contributed by atoms with Crippen molar-refractivity contribution in [2.24, 2.45) is 5.92 Å². The van der Waals surface area contributed by atoms with Crippen LogP contribution in [0.1, 0.15) is 31.2 Å². The van der Waals surface area contributed by atoms with E-state index in [4.69, 9.17) is 14.0 Å². The molecule has 0 aliphatic carbocycles. The Bertz CT molecular complexity index is 1280. The third-order valence-electron chi connectivity index (χ3n) is 6.43. The monoisotopic (exact) mass is 462 g/mol. The summed E-state index contributed by atoms with van der Waals surface area (Å²) in [6.45, 7) is 3.58. The van der Waals surface area contributed by atoms with Crippen LogP contribution in [-0.2, 0) is 22.7 Å². The first kappa shape index (κ1) is 22.2. The van der Waals surface area contributed by atoms with Crippen LogP contribution in [0.2, 0.25) is 0 Å². The molecule has 3 aromatic rings. The molecule has 0 N–H and O–H groups in total. The molecule has 0 radical (unpaired) electrons. The lowest BCUT2D eigenvalue weighted by molar-refractivity contribution is -0.133. The van der Waals surface area contributed by atoms with Crippen molar-refractivity contribution < 1.29 is 23.6 Å². The van der Waals surface area contributed by atoms with Crippen LogP contribution < -0.4 is 15.0 Å². The number of piperidine rings is 1. The van der Waals surface area contributed by atoms with Gasteiger partial charge < -0.3 is 14.0 Å². The maximum absolute atomic E-state index is 13.0. The number of carbonyl (C=O) groups is 2. The van der Waals surface area contributed by atoms with Gasteiger partial charge in [-0.2, -0.15) is 4.74 Å². The average Bonchev–Trinajstić information content (AvgIpc) is 3.15. The lowest BCUT2D eigenvalue weighted by Gasteiger charge is -2.32. The molecule has 0 bridgehead atoms. The Morgan fingerprint density at radius 1 is 0.882 bits per heavy atom. The number of carbonyl (C=O) groups excluding carboxylic acids is 2. The number of ether oxygens (including phenoxy) is 2. The van der Waals surface area contributed by atoms with Crippen molar-refractivity contribution in [2.45, 2.75) is 38.8 Å². The summed E-state index contributed by atoms with van der Waals surface area (Å²) in [7, 11) is 0. The fourth-order valence-electron chi connectivity index (χ4n) is 4.65. The first-order valence-corrected chi connectivity index (χ1v) is 11.6. The van der Waals surface area contributed by atoms with E-state index in [1.54, 1.807) is 6.07 Å². The van der Waals surface area contributed by atoms with Gasteiger partial charge in [-0.15, -0.1) is 0 Å². The molecule has 5 rings (SSSR count). The zero-order valence-corrected chi connectivity index (χ0v) is 18.8. The molecule has 2 aliphatic heterocycles. The summed E-state index contributed by atoms with van der Waals surface area (Å²) in [5.74, 6) is -0.910. The Hall–Kier alpha value is -3.65. The average molecular weight is 463 g/mol. The maximum Gasteiger partial charge on any atom is 0.336 e. The van der Waals surface area contributed by atoms with Gasteiger partial charge in [-0.05, 0) is 62.4 Å². The normalized spacial score (nSPS) is 18.1. The number of aromatic nitrogens is 1.